The van der Waals surface area contributed by atoms with Gasteiger partial charge in [-0.3, -0.25) is 14.7 Å². The molecule has 0 amide bonds. The van der Waals surface area contributed by atoms with Crippen molar-refractivity contribution in [2.24, 2.45) is 0 Å². The number of ether oxygens (including phenoxy) is 1. The molecule has 98 valence electrons. The van der Waals surface area contributed by atoms with Gasteiger partial charge in [0, 0.05) is 25.6 Å². The smallest absolute Gasteiger partial charge is 0.182 e. The summed E-state index contributed by atoms with van der Waals surface area (Å²) < 4.78 is 18.0. The first-order valence-electron chi connectivity index (χ1n) is 6.13. The summed E-state index contributed by atoms with van der Waals surface area (Å²) in [5.41, 5.74) is 0.331. The number of ketones is 1. The normalized spacial score (nSPS) is 20.9. The van der Waals surface area contributed by atoms with E-state index in [0.29, 0.717) is 37.9 Å². The number of halogens is 1. The average Bonchev–Trinajstić information content (AvgIpc) is 2.38. The molecule has 2 rings (SSSR count). The van der Waals surface area contributed by atoms with Gasteiger partial charge < -0.3 is 4.74 Å². The fourth-order valence-electron chi connectivity index (χ4n) is 2.01. The molecule has 0 aliphatic carbocycles. The van der Waals surface area contributed by atoms with Crippen molar-refractivity contribution in [3.63, 3.8) is 0 Å². The molecular formula is C13H17FN2O2. The van der Waals surface area contributed by atoms with Crippen molar-refractivity contribution < 1.29 is 13.9 Å². The fraction of sp³-hybridized carbons (Fsp3) is 0.538. The van der Waals surface area contributed by atoms with Crippen LogP contribution in [0, 0.1) is 5.82 Å². The van der Waals surface area contributed by atoms with Gasteiger partial charge in [0.1, 0.15) is 11.5 Å². The highest BCUT2D eigenvalue weighted by molar-refractivity contribution is 5.94. The molecule has 18 heavy (non-hydrogen) atoms. The van der Waals surface area contributed by atoms with E-state index < -0.39 is 5.82 Å². The summed E-state index contributed by atoms with van der Waals surface area (Å²) in [5.74, 6) is -0.470. The van der Waals surface area contributed by atoms with Gasteiger partial charge in [-0.15, -0.1) is 0 Å². The Bertz CT molecular complexity index is 408. The van der Waals surface area contributed by atoms with Gasteiger partial charge >= 0.3 is 0 Å². The molecular weight excluding hydrogens is 235 g/mol. The zero-order chi connectivity index (χ0) is 13.0. The molecule has 1 aliphatic heterocycles. The van der Waals surface area contributed by atoms with E-state index in [1.807, 2.05) is 0 Å². The summed E-state index contributed by atoms with van der Waals surface area (Å²) in [6, 6.07) is 3.03. The van der Waals surface area contributed by atoms with E-state index in [0.717, 1.165) is 12.7 Å². The molecule has 1 atom stereocenters. The summed E-state index contributed by atoms with van der Waals surface area (Å²) in [5, 5.41) is 0. The molecule has 0 radical (unpaired) electrons. The van der Waals surface area contributed by atoms with Gasteiger partial charge in [-0.25, -0.2) is 4.39 Å². The van der Waals surface area contributed by atoms with Crippen LogP contribution in [0.3, 0.4) is 0 Å². The van der Waals surface area contributed by atoms with Crippen molar-refractivity contribution in [3.8, 4) is 0 Å². The number of rotatable bonds is 4. The number of Topliss-reactive ketones (excluding diaryl/α,β-unsaturated/α-hetero) is 1. The highest BCUT2D eigenvalue weighted by Crippen LogP contribution is 2.08. The van der Waals surface area contributed by atoms with Crippen LogP contribution in [0.1, 0.15) is 23.8 Å². The van der Waals surface area contributed by atoms with Gasteiger partial charge in [-0.1, -0.05) is 0 Å². The Hall–Kier alpha value is -1.33. The fourth-order valence-corrected chi connectivity index (χ4v) is 2.01. The van der Waals surface area contributed by atoms with Crippen LogP contribution in [0.4, 0.5) is 4.39 Å². The SMILES string of the molecule is CC1COCCN1CCC(=O)c1ccc(F)cn1. The minimum atomic E-state index is -0.423. The number of carbonyl (C=O) groups excluding carboxylic acids is 1. The summed E-state index contributed by atoms with van der Waals surface area (Å²) >= 11 is 0. The first-order valence-corrected chi connectivity index (χ1v) is 6.13. The monoisotopic (exact) mass is 252 g/mol. The number of hydrogen-bond donors (Lipinski definition) is 0. The first-order chi connectivity index (χ1) is 8.66. The number of hydrogen-bond acceptors (Lipinski definition) is 4. The van der Waals surface area contributed by atoms with E-state index in [1.165, 1.54) is 12.1 Å². The van der Waals surface area contributed by atoms with Crippen molar-refractivity contribution in [2.75, 3.05) is 26.3 Å². The quantitative estimate of drug-likeness (QED) is 0.762. The summed E-state index contributed by atoms with van der Waals surface area (Å²) in [6.07, 6.45) is 1.48. The van der Waals surface area contributed by atoms with E-state index in [4.69, 9.17) is 4.74 Å². The van der Waals surface area contributed by atoms with Gasteiger partial charge in [-0.2, -0.15) is 0 Å². The zero-order valence-corrected chi connectivity index (χ0v) is 10.4. The maximum Gasteiger partial charge on any atom is 0.182 e. The molecule has 1 unspecified atom stereocenters. The lowest BCUT2D eigenvalue weighted by Gasteiger charge is -2.32. The van der Waals surface area contributed by atoms with E-state index in [2.05, 4.69) is 16.8 Å². The molecule has 0 aromatic carbocycles. The molecule has 0 bridgehead atoms. The second-order valence-electron chi connectivity index (χ2n) is 4.49. The first kappa shape index (κ1) is 13.1. The number of aromatic nitrogens is 1. The summed E-state index contributed by atoms with van der Waals surface area (Å²) in [4.78, 5) is 17.9. The Morgan fingerprint density at radius 3 is 3.11 bits per heavy atom. The summed E-state index contributed by atoms with van der Waals surface area (Å²) in [7, 11) is 0. The topological polar surface area (TPSA) is 42.4 Å². The van der Waals surface area contributed by atoms with Crippen LogP contribution < -0.4 is 0 Å². The predicted molar refractivity (Wildman–Crippen MR) is 65.0 cm³/mol. The Kier molecular flexibility index (Phi) is 4.38. The molecule has 2 heterocycles. The van der Waals surface area contributed by atoms with E-state index in [1.54, 1.807) is 0 Å². The average molecular weight is 252 g/mol. The van der Waals surface area contributed by atoms with E-state index >= 15 is 0 Å². The minimum absolute atomic E-state index is 0.0475. The standard InChI is InChI=1S/C13H17FN2O2/c1-10-9-18-7-6-16(10)5-4-13(17)12-3-2-11(14)8-15-12/h2-3,8,10H,4-7,9H2,1H3. The molecule has 4 nitrogen and oxygen atoms in total. The largest absolute Gasteiger partial charge is 0.379 e. The Morgan fingerprint density at radius 1 is 1.61 bits per heavy atom. The molecule has 0 spiro atoms. The maximum absolute atomic E-state index is 12.7. The zero-order valence-electron chi connectivity index (χ0n) is 10.4. The lowest BCUT2D eigenvalue weighted by Crippen LogP contribution is -2.44. The van der Waals surface area contributed by atoms with Crippen LogP contribution in [-0.4, -0.2) is 48.0 Å². The number of pyridine rings is 1. The van der Waals surface area contributed by atoms with Gasteiger partial charge in [0.15, 0.2) is 5.78 Å². The van der Waals surface area contributed by atoms with Crippen LogP contribution in [0.25, 0.3) is 0 Å². The number of carbonyl (C=O) groups is 1. The second kappa shape index (κ2) is 6.02. The van der Waals surface area contributed by atoms with E-state index in [-0.39, 0.29) is 5.78 Å². The molecule has 1 aromatic heterocycles. The molecule has 1 fully saturated rings. The predicted octanol–water partition coefficient (Wildman–Crippen LogP) is 1.51. The molecule has 0 saturated carbocycles. The highest BCUT2D eigenvalue weighted by atomic mass is 19.1. The van der Waals surface area contributed by atoms with Crippen molar-refractivity contribution >= 4 is 5.78 Å². The lowest BCUT2D eigenvalue weighted by molar-refractivity contribution is -0.000226. The van der Waals surface area contributed by atoms with Crippen molar-refractivity contribution in [3.05, 3.63) is 29.8 Å². The molecule has 1 saturated heterocycles. The second-order valence-corrected chi connectivity index (χ2v) is 4.49. The van der Waals surface area contributed by atoms with Crippen molar-refractivity contribution in [2.45, 2.75) is 19.4 Å². The number of nitrogens with zero attached hydrogens (tertiary/aromatic N) is 2. The van der Waals surface area contributed by atoms with Crippen LogP contribution in [0.2, 0.25) is 0 Å². The van der Waals surface area contributed by atoms with Crippen LogP contribution in [0.15, 0.2) is 18.3 Å². The molecule has 5 heteroatoms. The van der Waals surface area contributed by atoms with Crippen LogP contribution >= 0.6 is 0 Å². The molecule has 1 aliphatic rings. The van der Waals surface area contributed by atoms with Crippen molar-refractivity contribution in [1.29, 1.82) is 0 Å². The third-order valence-electron chi connectivity index (χ3n) is 3.14. The minimum Gasteiger partial charge on any atom is -0.379 e. The Morgan fingerprint density at radius 2 is 2.44 bits per heavy atom. The third-order valence-corrected chi connectivity index (χ3v) is 3.14. The third kappa shape index (κ3) is 3.34. The van der Waals surface area contributed by atoms with Crippen LogP contribution in [-0.2, 0) is 4.74 Å². The van der Waals surface area contributed by atoms with Gasteiger partial charge in [0.05, 0.1) is 19.4 Å². The number of morpholine rings is 1. The highest BCUT2D eigenvalue weighted by Gasteiger charge is 2.19. The molecule has 0 N–H and O–H groups in total. The van der Waals surface area contributed by atoms with Crippen molar-refractivity contribution in [1.82, 2.24) is 9.88 Å². The lowest BCUT2D eigenvalue weighted by atomic mass is 10.1. The summed E-state index contributed by atoms with van der Waals surface area (Å²) in [6.45, 7) is 5.06. The Balaban J connectivity index is 1.86. The maximum atomic E-state index is 12.7. The van der Waals surface area contributed by atoms with Gasteiger partial charge in [0.25, 0.3) is 0 Å². The van der Waals surface area contributed by atoms with Crippen LogP contribution in [0.5, 0.6) is 0 Å². The van der Waals surface area contributed by atoms with E-state index in [9.17, 15) is 9.18 Å². The van der Waals surface area contributed by atoms with Gasteiger partial charge in [0.2, 0.25) is 0 Å². The molecule has 1 aromatic rings. The van der Waals surface area contributed by atoms with Gasteiger partial charge in [-0.05, 0) is 19.1 Å². The Labute approximate surface area is 106 Å².